The number of methoxy groups -OCH3 is 1. The molecule has 1 aliphatic carbocycles. The van der Waals surface area contributed by atoms with Crippen LogP contribution in [-0.4, -0.2) is 44.1 Å². The molecule has 3 aromatic heterocycles. The number of pyridine rings is 2. The largest absolute Gasteiger partial charge is 0.497 e. The summed E-state index contributed by atoms with van der Waals surface area (Å²) in [4.78, 5) is 23.0. The molecule has 0 bridgehead atoms. The lowest BCUT2D eigenvalue weighted by Gasteiger charge is -2.19. The van der Waals surface area contributed by atoms with E-state index in [1.165, 1.54) is 24.9 Å². The number of hydrogen-bond acceptors (Lipinski definition) is 6. The molecule has 7 nitrogen and oxygen atoms in total. The number of nitrogens with zero attached hydrogens (tertiary/aromatic N) is 5. The number of fused-ring (bicyclic) bond motifs is 1. The average molecular weight is 590 g/mol. The minimum absolute atomic E-state index is 0.0962. The quantitative estimate of drug-likeness (QED) is 0.171. The van der Waals surface area contributed by atoms with Gasteiger partial charge in [0.1, 0.15) is 18.0 Å². The number of imidazole rings is 1. The van der Waals surface area contributed by atoms with Crippen molar-refractivity contribution in [3.05, 3.63) is 70.4 Å². The first-order chi connectivity index (χ1) is 19.4. The molecule has 214 valence electrons. The van der Waals surface area contributed by atoms with Crippen molar-refractivity contribution in [1.29, 1.82) is 5.26 Å². The molecule has 1 saturated carbocycles. The summed E-state index contributed by atoms with van der Waals surface area (Å²) in [6, 6.07) is 12.3. The molecule has 0 spiro atoms. The summed E-state index contributed by atoms with van der Waals surface area (Å²) < 4.78 is 74.2. The van der Waals surface area contributed by atoms with Crippen LogP contribution < -0.4 is 10.4 Å². The fourth-order valence-corrected chi connectivity index (χ4v) is 5.42. The molecule has 41 heavy (non-hydrogen) atoms. The topological polar surface area (TPSA) is 85.7 Å². The van der Waals surface area contributed by atoms with Gasteiger partial charge < -0.3 is 4.74 Å². The number of thioether (sulfide) groups is 1. The zero-order chi connectivity index (χ0) is 29.6. The number of aromatic nitrogens is 4. The van der Waals surface area contributed by atoms with Gasteiger partial charge in [-0.15, -0.1) is 11.8 Å². The molecule has 0 unspecified atom stereocenters. The van der Waals surface area contributed by atoms with E-state index in [0.29, 0.717) is 33.0 Å². The van der Waals surface area contributed by atoms with Gasteiger partial charge >= 0.3 is 17.8 Å². The number of hydrogen-bond donors (Lipinski definition) is 0. The number of rotatable bonds is 9. The van der Waals surface area contributed by atoms with Crippen molar-refractivity contribution in [3.8, 4) is 23.2 Å². The highest BCUT2D eigenvalue weighted by Crippen LogP contribution is 2.48. The van der Waals surface area contributed by atoms with Crippen LogP contribution in [0.15, 0.2) is 58.5 Å². The highest BCUT2D eigenvalue weighted by Gasteiger charge is 2.58. The van der Waals surface area contributed by atoms with Crippen LogP contribution in [0.3, 0.4) is 0 Å². The molecular weight excluding hydrogens is 565 g/mol. The molecule has 5 rings (SSSR count). The zero-order valence-electron chi connectivity index (χ0n) is 22.0. The van der Waals surface area contributed by atoms with Crippen molar-refractivity contribution < 1.29 is 26.7 Å². The Morgan fingerprint density at radius 2 is 1.76 bits per heavy atom. The van der Waals surface area contributed by atoms with Crippen LogP contribution in [0.25, 0.3) is 22.4 Å². The van der Waals surface area contributed by atoms with Gasteiger partial charge in [0.2, 0.25) is 0 Å². The van der Waals surface area contributed by atoms with Crippen LogP contribution in [0.5, 0.6) is 5.75 Å². The predicted octanol–water partition coefficient (Wildman–Crippen LogP) is 6.18. The molecule has 1 aliphatic rings. The maximum Gasteiger partial charge on any atom is 0.455 e. The summed E-state index contributed by atoms with van der Waals surface area (Å²) in [5.74, 6) is -3.90. The Hall–Kier alpha value is -3.92. The third-order valence-electron chi connectivity index (χ3n) is 7.09. The smallest absolute Gasteiger partial charge is 0.455 e. The highest BCUT2D eigenvalue weighted by atomic mass is 32.2. The van der Waals surface area contributed by atoms with Crippen LogP contribution in [0.4, 0.5) is 22.0 Å². The van der Waals surface area contributed by atoms with Gasteiger partial charge in [-0.05, 0) is 54.0 Å². The Bertz CT molecular complexity index is 1700. The lowest BCUT2D eigenvalue weighted by Crippen LogP contribution is -2.43. The van der Waals surface area contributed by atoms with Crippen molar-refractivity contribution in [2.75, 3.05) is 12.9 Å². The molecule has 1 fully saturated rings. The maximum atomic E-state index is 14.1. The van der Waals surface area contributed by atoms with Gasteiger partial charge in [-0.2, -0.15) is 27.2 Å². The summed E-state index contributed by atoms with van der Waals surface area (Å²) >= 11 is 1.48. The molecule has 3 heterocycles. The normalized spacial score (nSPS) is 14.7. The molecule has 4 aromatic rings. The van der Waals surface area contributed by atoms with Crippen LogP contribution in [0.1, 0.15) is 30.9 Å². The predicted molar refractivity (Wildman–Crippen MR) is 143 cm³/mol. The molecular formula is C28H24F5N5O2S. The lowest BCUT2D eigenvalue weighted by atomic mass is 9.99. The third kappa shape index (κ3) is 5.28. The summed E-state index contributed by atoms with van der Waals surface area (Å²) in [5.41, 5.74) is 0.516. The van der Waals surface area contributed by atoms with Crippen molar-refractivity contribution in [1.82, 2.24) is 19.1 Å². The highest BCUT2D eigenvalue weighted by molar-refractivity contribution is 7.99. The van der Waals surface area contributed by atoms with E-state index < -0.39 is 29.7 Å². The zero-order valence-corrected chi connectivity index (χ0v) is 22.8. The number of halogens is 5. The van der Waals surface area contributed by atoms with Gasteiger partial charge in [-0.25, -0.2) is 4.79 Å². The second-order valence-corrected chi connectivity index (χ2v) is 11.1. The van der Waals surface area contributed by atoms with Crippen LogP contribution in [0, 0.1) is 11.3 Å². The second kappa shape index (κ2) is 10.5. The summed E-state index contributed by atoms with van der Waals surface area (Å²) in [5, 5.41) is 9.61. The van der Waals surface area contributed by atoms with E-state index >= 15 is 0 Å². The van der Waals surface area contributed by atoms with Gasteiger partial charge in [-0.1, -0.05) is 19.1 Å². The Labute approximate surface area is 235 Å². The van der Waals surface area contributed by atoms with E-state index in [4.69, 9.17) is 4.74 Å². The first-order valence-electron chi connectivity index (χ1n) is 12.6. The van der Waals surface area contributed by atoms with Gasteiger partial charge in [0, 0.05) is 11.1 Å². The van der Waals surface area contributed by atoms with E-state index in [1.54, 1.807) is 30.5 Å². The molecule has 0 N–H and O–H groups in total. The first kappa shape index (κ1) is 28.6. The van der Waals surface area contributed by atoms with Crippen LogP contribution in [0.2, 0.25) is 0 Å². The summed E-state index contributed by atoms with van der Waals surface area (Å²) in [6.07, 6.45) is -1.64. The van der Waals surface area contributed by atoms with Crippen molar-refractivity contribution in [2.24, 2.45) is 0 Å². The maximum absolute atomic E-state index is 14.1. The number of benzene rings is 1. The molecule has 0 amide bonds. The molecule has 0 atom stereocenters. The van der Waals surface area contributed by atoms with E-state index in [0.717, 1.165) is 34.1 Å². The Morgan fingerprint density at radius 1 is 1.05 bits per heavy atom. The molecule has 1 aromatic carbocycles. The van der Waals surface area contributed by atoms with E-state index in [9.17, 15) is 32.0 Å². The van der Waals surface area contributed by atoms with Gasteiger partial charge in [0.05, 0.1) is 48.1 Å². The van der Waals surface area contributed by atoms with Gasteiger partial charge in [-0.3, -0.25) is 19.1 Å². The minimum Gasteiger partial charge on any atom is -0.497 e. The first-order valence-corrected chi connectivity index (χ1v) is 13.6. The Balaban J connectivity index is 1.66. The van der Waals surface area contributed by atoms with E-state index in [2.05, 4.69) is 16.0 Å². The van der Waals surface area contributed by atoms with E-state index in [-0.39, 0.29) is 17.6 Å². The molecule has 0 radical (unpaired) electrons. The molecule has 13 heteroatoms. The minimum atomic E-state index is -5.84. The summed E-state index contributed by atoms with van der Waals surface area (Å²) in [7, 11) is 1.49. The van der Waals surface area contributed by atoms with Crippen molar-refractivity contribution in [2.45, 2.75) is 55.3 Å². The summed E-state index contributed by atoms with van der Waals surface area (Å²) in [6.45, 7) is -0.0357. The number of ether oxygens (including phenoxy) is 1. The monoisotopic (exact) mass is 589 g/mol. The number of alkyl halides is 5. The van der Waals surface area contributed by atoms with Gasteiger partial charge in [0.25, 0.3) is 0 Å². The average Bonchev–Trinajstić information content (AvgIpc) is 3.71. The fourth-order valence-electron chi connectivity index (χ4n) is 4.60. The lowest BCUT2D eigenvalue weighted by molar-refractivity contribution is -0.286. The van der Waals surface area contributed by atoms with Gasteiger partial charge in [0.15, 0.2) is 0 Å². The van der Waals surface area contributed by atoms with Crippen LogP contribution in [-0.2, 0) is 18.5 Å². The molecule has 0 aliphatic heterocycles. The fraction of sp³-hybridized carbons (Fsp3) is 0.357. The third-order valence-corrected chi connectivity index (χ3v) is 8.00. The standard InChI is InChI=1S/C28H24F5N5O2S/c1-3-41-23-10-18(26(15-34)8-9-26)12-36-24(23)20-11-21-22(13-35-20)38(16-27(29,30)28(31,32)33)25(39)37(21)14-17-4-6-19(40-2)7-5-17/h4-7,10-13H,3,8-9,14,16H2,1-2H3. The SMILES string of the molecule is CCSc1cc(C2(C#N)CC2)cnc1-c1cc2c(cn1)n(CC(F)(F)C(F)(F)F)c(=O)n2Cc1ccc(OC)cc1. The second-order valence-electron chi connectivity index (χ2n) is 9.76. The van der Waals surface area contributed by atoms with E-state index in [1.807, 2.05) is 13.0 Å². The van der Waals surface area contributed by atoms with Crippen molar-refractivity contribution in [3.63, 3.8) is 0 Å². The molecule has 0 saturated heterocycles. The van der Waals surface area contributed by atoms with Crippen LogP contribution >= 0.6 is 11.8 Å². The Morgan fingerprint density at radius 3 is 2.34 bits per heavy atom. The number of nitriles is 1. The Kier molecular flexibility index (Phi) is 7.31. The van der Waals surface area contributed by atoms with Crippen molar-refractivity contribution >= 4 is 22.8 Å².